The van der Waals surface area contributed by atoms with Crippen LogP contribution in [-0.2, 0) is 4.79 Å². The molecule has 1 aromatic heterocycles. The van der Waals surface area contributed by atoms with E-state index in [0.29, 0.717) is 17.0 Å². The second kappa shape index (κ2) is 5.46. The zero-order valence-electron chi connectivity index (χ0n) is 9.59. The van der Waals surface area contributed by atoms with E-state index in [4.69, 9.17) is 5.11 Å². The topological polar surface area (TPSA) is 75.1 Å². The predicted molar refractivity (Wildman–Crippen MR) is 65.1 cm³/mol. The zero-order chi connectivity index (χ0) is 12.3. The van der Waals surface area contributed by atoms with Crippen molar-refractivity contribution in [1.29, 1.82) is 0 Å². The summed E-state index contributed by atoms with van der Waals surface area (Å²) in [6.07, 6.45) is 5.63. The minimum Gasteiger partial charge on any atom is -0.480 e. The van der Waals surface area contributed by atoms with Gasteiger partial charge in [0.05, 0.1) is 0 Å². The quantitative estimate of drug-likeness (QED) is 0.584. The number of nitrogens with zero attached hydrogens (tertiary/aromatic N) is 2. The van der Waals surface area contributed by atoms with Crippen LogP contribution in [0.4, 0.5) is 0 Å². The van der Waals surface area contributed by atoms with Gasteiger partial charge in [0.25, 0.3) is 0 Å². The number of aliphatic carboxylic acids is 1. The SMILES string of the molecule is Cc1cnc(SCC(NC2CC2)C(=O)O)nc1. The van der Waals surface area contributed by atoms with Crippen LogP contribution in [-0.4, -0.2) is 38.9 Å². The molecule has 5 nitrogen and oxygen atoms in total. The van der Waals surface area contributed by atoms with Crippen molar-refractivity contribution in [3.8, 4) is 0 Å². The van der Waals surface area contributed by atoms with Crippen LogP contribution in [0.2, 0.25) is 0 Å². The largest absolute Gasteiger partial charge is 0.480 e. The molecule has 1 heterocycles. The highest BCUT2D eigenvalue weighted by molar-refractivity contribution is 7.99. The monoisotopic (exact) mass is 253 g/mol. The summed E-state index contributed by atoms with van der Waals surface area (Å²) in [6.45, 7) is 1.92. The van der Waals surface area contributed by atoms with Gasteiger partial charge in [-0.25, -0.2) is 9.97 Å². The first-order valence-electron chi connectivity index (χ1n) is 5.55. The Kier molecular flexibility index (Phi) is 3.96. The van der Waals surface area contributed by atoms with Crippen LogP contribution in [0.5, 0.6) is 0 Å². The number of rotatable bonds is 6. The molecule has 0 spiro atoms. The molecule has 0 bridgehead atoms. The number of carboxylic acids is 1. The molecular formula is C11H15N3O2S. The van der Waals surface area contributed by atoms with E-state index in [1.807, 2.05) is 6.92 Å². The maximum atomic E-state index is 11.0. The summed E-state index contributed by atoms with van der Waals surface area (Å²) < 4.78 is 0. The molecule has 1 aliphatic carbocycles. The van der Waals surface area contributed by atoms with Gasteiger partial charge in [0, 0.05) is 24.2 Å². The lowest BCUT2D eigenvalue weighted by Gasteiger charge is -2.12. The molecule has 92 valence electrons. The molecule has 0 aliphatic heterocycles. The number of aryl methyl sites for hydroxylation is 1. The normalized spacial score (nSPS) is 16.8. The van der Waals surface area contributed by atoms with Gasteiger partial charge in [-0.15, -0.1) is 0 Å². The smallest absolute Gasteiger partial charge is 0.321 e. The minimum absolute atomic E-state index is 0.385. The molecule has 1 aliphatic rings. The van der Waals surface area contributed by atoms with Gasteiger partial charge in [0.15, 0.2) is 5.16 Å². The molecule has 2 rings (SSSR count). The van der Waals surface area contributed by atoms with Crippen LogP contribution < -0.4 is 5.32 Å². The molecule has 17 heavy (non-hydrogen) atoms. The molecular weight excluding hydrogens is 238 g/mol. The van der Waals surface area contributed by atoms with Crippen molar-refractivity contribution >= 4 is 17.7 Å². The first-order chi connectivity index (χ1) is 8.15. The number of carboxylic acid groups (broad SMARTS) is 1. The minimum atomic E-state index is -0.809. The molecule has 1 unspecified atom stereocenters. The van der Waals surface area contributed by atoms with Crippen LogP contribution in [0, 0.1) is 6.92 Å². The van der Waals surface area contributed by atoms with E-state index >= 15 is 0 Å². The number of hydrogen-bond donors (Lipinski definition) is 2. The van der Waals surface area contributed by atoms with E-state index in [-0.39, 0.29) is 0 Å². The van der Waals surface area contributed by atoms with Crippen molar-refractivity contribution in [3.05, 3.63) is 18.0 Å². The van der Waals surface area contributed by atoms with Gasteiger partial charge >= 0.3 is 5.97 Å². The van der Waals surface area contributed by atoms with E-state index < -0.39 is 12.0 Å². The lowest BCUT2D eigenvalue weighted by molar-refractivity contribution is -0.138. The number of nitrogens with one attached hydrogen (secondary N) is 1. The lowest BCUT2D eigenvalue weighted by Crippen LogP contribution is -2.40. The average molecular weight is 253 g/mol. The predicted octanol–water partition coefficient (Wildman–Crippen LogP) is 1.08. The van der Waals surface area contributed by atoms with Crippen molar-refractivity contribution < 1.29 is 9.90 Å². The van der Waals surface area contributed by atoms with Gasteiger partial charge in [-0.2, -0.15) is 0 Å². The van der Waals surface area contributed by atoms with Crippen molar-refractivity contribution in [2.45, 2.75) is 37.0 Å². The highest BCUT2D eigenvalue weighted by Crippen LogP contribution is 2.21. The summed E-state index contributed by atoms with van der Waals surface area (Å²) in [6, 6.07) is -0.131. The van der Waals surface area contributed by atoms with Crippen molar-refractivity contribution in [2.75, 3.05) is 5.75 Å². The molecule has 1 aromatic rings. The van der Waals surface area contributed by atoms with Gasteiger partial charge in [-0.1, -0.05) is 11.8 Å². The summed E-state index contributed by atoms with van der Waals surface area (Å²) in [5.41, 5.74) is 1.00. The third kappa shape index (κ3) is 3.98. The Morgan fingerprint density at radius 3 is 2.76 bits per heavy atom. The number of hydrogen-bond acceptors (Lipinski definition) is 5. The molecule has 1 saturated carbocycles. The fraction of sp³-hybridized carbons (Fsp3) is 0.545. The first-order valence-corrected chi connectivity index (χ1v) is 6.54. The van der Waals surface area contributed by atoms with Crippen molar-refractivity contribution in [3.63, 3.8) is 0 Å². The third-order valence-electron chi connectivity index (χ3n) is 2.45. The van der Waals surface area contributed by atoms with Gasteiger partial charge < -0.3 is 10.4 Å². The van der Waals surface area contributed by atoms with E-state index in [0.717, 1.165) is 18.4 Å². The molecule has 0 radical (unpaired) electrons. The maximum Gasteiger partial charge on any atom is 0.321 e. The Morgan fingerprint density at radius 1 is 1.59 bits per heavy atom. The van der Waals surface area contributed by atoms with Crippen LogP contribution in [0.25, 0.3) is 0 Å². The highest BCUT2D eigenvalue weighted by atomic mass is 32.2. The van der Waals surface area contributed by atoms with E-state index in [1.165, 1.54) is 11.8 Å². The number of thioether (sulfide) groups is 1. The first kappa shape index (κ1) is 12.3. The summed E-state index contributed by atoms with van der Waals surface area (Å²) in [5.74, 6) is -0.356. The van der Waals surface area contributed by atoms with Crippen molar-refractivity contribution in [1.82, 2.24) is 15.3 Å². The Morgan fingerprint density at radius 2 is 2.24 bits per heavy atom. The van der Waals surface area contributed by atoms with Gasteiger partial charge in [0.2, 0.25) is 0 Å². The third-order valence-corrected chi connectivity index (χ3v) is 3.42. The Hall–Kier alpha value is -1.14. The zero-order valence-corrected chi connectivity index (χ0v) is 10.4. The lowest BCUT2D eigenvalue weighted by atomic mass is 10.3. The number of carbonyl (C=O) groups is 1. The summed E-state index contributed by atoms with van der Waals surface area (Å²) in [4.78, 5) is 19.3. The molecule has 0 aromatic carbocycles. The number of aromatic nitrogens is 2. The molecule has 0 saturated heterocycles. The Balaban J connectivity index is 1.85. The Labute approximate surface area is 104 Å². The van der Waals surface area contributed by atoms with Crippen LogP contribution >= 0.6 is 11.8 Å². The second-order valence-electron chi connectivity index (χ2n) is 4.19. The van der Waals surface area contributed by atoms with Crippen LogP contribution in [0.15, 0.2) is 17.6 Å². The molecule has 0 amide bonds. The fourth-order valence-electron chi connectivity index (χ4n) is 1.34. The van der Waals surface area contributed by atoms with Crippen molar-refractivity contribution in [2.24, 2.45) is 0 Å². The maximum absolute atomic E-state index is 11.0. The average Bonchev–Trinajstić information content (AvgIpc) is 3.10. The van der Waals surface area contributed by atoms with Crippen LogP contribution in [0.3, 0.4) is 0 Å². The summed E-state index contributed by atoms with van der Waals surface area (Å²) in [7, 11) is 0. The molecule has 1 atom stereocenters. The highest BCUT2D eigenvalue weighted by Gasteiger charge is 2.28. The van der Waals surface area contributed by atoms with E-state index in [1.54, 1.807) is 12.4 Å². The standard InChI is InChI=1S/C11H15N3O2S/c1-7-4-12-11(13-5-7)17-6-9(10(15)16)14-8-2-3-8/h4-5,8-9,14H,2-3,6H2,1H3,(H,15,16). The summed E-state index contributed by atoms with van der Waals surface area (Å²) in [5, 5.41) is 12.8. The molecule has 2 N–H and O–H groups in total. The van der Waals surface area contributed by atoms with Gasteiger partial charge in [0.1, 0.15) is 6.04 Å². The molecule has 1 fully saturated rings. The van der Waals surface area contributed by atoms with Gasteiger partial charge in [-0.3, -0.25) is 4.79 Å². The second-order valence-corrected chi connectivity index (χ2v) is 5.17. The van der Waals surface area contributed by atoms with Gasteiger partial charge in [-0.05, 0) is 25.3 Å². The van der Waals surface area contributed by atoms with E-state index in [2.05, 4.69) is 15.3 Å². The fourth-order valence-corrected chi connectivity index (χ4v) is 2.15. The van der Waals surface area contributed by atoms with E-state index in [9.17, 15) is 4.79 Å². The summed E-state index contributed by atoms with van der Waals surface area (Å²) >= 11 is 1.37. The van der Waals surface area contributed by atoms with Crippen LogP contribution in [0.1, 0.15) is 18.4 Å². The Bertz CT molecular complexity index is 392. The molecule has 6 heteroatoms.